The van der Waals surface area contributed by atoms with Gasteiger partial charge in [-0.3, -0.25) is 0 Å². The van der Waals surface area contributed by atoms with Crippen LogP contribution in [0.1, 0.15) is 24.2 Å². The summed E-state index contributed by atoms with van der Waals surface area (Å²) in [4.78, 5) is 10.9. The van der Waals surface area contributed by atoms with E-state index in [1.165, 1.54) is 13.2 Å². The van der Waals surface area contributed by atoms with E-state index in [4.69, 9.17) is 14.6 Å². The molecule has 0 spiro atoms. The van der Waals surface area contributed by atoms with E-state index in [9.17, 15) is 4.79 Å². The number of rotatable bonds is 4. The molecule has 4 nitrogen and oxygen atoms in total. The first-order chi connectivity index (χ1) is 7.45. The molecule has 0 aliphatic heterocycles. The third kappa shape index (κ3) is 2.88. The molecule has 0 aromatic heterocycles. The van der Waals surface area contributed by atoms with Crippen molar-refractivity contribution in [3.63, 3.8) is 0 Å². The van der Waals surface area contributed by atoms with Crippen LogP contribution in [0.3, 0.4) is 0 Å². The zero-order valence-corrected chi connectivity index (χ0v) is 10.9. The Balaban J connectivity index is 3.23. The molecule has 1 N–H and O–H groups in total. The molecule has 0 aliphatic carbocycles. The van der Waals surface area contributed by atoms with E-state index in [1.807, 2.05) is 13.8 Å². The monoisotopic (exact) mass is 288 g/mol. The second-order valence-electron chi connectivity index (χ2n) is 3.45. The molecule has 0 amide bonds. The van der Waals surface area contributed by atoms with Gasteiger partial charge in [0.25, 0.3) is 0 Å². The van der Waals surface area contributed by atoms with E-state index >= 15 is 0 Å². The first-order valence-corrected chi connectivity index (χ1v) is 5.52. The quantitative estimate of drug-likeness (QED) is 0.926. The zero-order valence-electron chi connectivity index (χ0n) is 9.28. The molecule has 5 heteroatoms. The molecule has 0 heterocycles. The predicted octanol–water partition coefficient (Wildman–Crippen LogP) is 2.94. The molecule has 0 unspecified atom stereocenters. The third-order valence-electron chi connectivity index (χ3n) is 1.85. The van der Waals surface area contributed by atoms with Gasteiger partial charge in [-0.2, -0.15) is 0 Å². The van der Waals surface area contributed by atoms with Gasteiger partial charge in [0.1, 0.15) is 0 Å². The molecule has 1 aromatic rings. The molecule has 0 saturated carbocycles. The molecule has 1 rings (SSSR count). The number of carbonyl (C=O) groups is 1. The Morgan fingerprint density at radius 2 is 2.00 bits per heavy atom. The topological polar surface area (TPSA) is 55.8 Å². The van der Waals surface area contributed by atoms with Gasteiger partial charge in [-0.05, 0) is 41.9 Å². The number of ether oxygens (including phenoxy) is 2. The van der Waals surface area contributed by atoms with Gasteiger partial charge in [-0.15, -0.1) is 0 Å². The summed E-state index contributed by atoms with van der Waals surface area (Å²) in [5.74, 6) is -0.0770. The van der Waals surface area contributed by atoms with Crippen LogP contribution in [0.2, 0.25) is 0 Å². The fourth-order valence-electron chi connectivity index (χ4n) is 1.20. The molecule has 16 heavy (non-hydrogen) atoms. The van der Waals surface area contributed by atoms with E-state index in [0.29, 0.717) is 16.0 Å². The van der Waals surface area contributed by atoms with Gasteiger partial charge in [0.05, 0.1) is 18.8 Å². The summed E-state index contributed by atoms with van der Waals surface area (Å²) >= 11 is 3.17. The van der Waals surface area contributed by atoms with E-state index < -0.39 is 5.97 Å². The number of benzene rings is 1. The Morgan fingerprint density at radius 3 is 2.44 bits per heavy atom. The third-order valence-corrected chi connectivity index (χ3v) is 2.50. The van der Waals surface area contributed by atoms with Crippen molar-refractivity contribution < 1.29 is 19.4 Å². The standard InChI is InChI=1S/C11H13BrO4/c1-6(2)16-10-4-7(11(13)14)8(12)5-9(10)15-3/h4-6H,1-3H3,(H,13,14). The molecule has 0 fully saturated rings. The van der Waals surface area contributed by atoms with Crippen LogP contribution in [0.15, 0.2) is 16.6 Å². The molecular formula is C11H13BrO4. The average molecular weight is 289 g/mol. The average Bonchev–Trinajstić information content (AvgIpc) is 2.18. The number of hydrogen-bond donors (Lipinski definition) is 1. The smallest absolute Gasteiger partial charge is 0.336 e. The van der Waals surface area contributed by atoms with Gasteiger partial charge in [-0.25, -0.2) is 4.79 Å². The summed E-state index contributed by atoms with van der Waals surface area (Å²) in [5.41, 5.74) is 0.149. The van der Waals surface area contributed by atoms with Crippen molar-refractivity contribution in [1.29, 1.82) is 0 Å². The lowest BCUT2D eigenvalue weighted by Crippen LogP contribution is -2.08. The number of methoxy groups -OCH3 is 1. The molecule has 0 atom stereocenters. The van der Waals surface area contributed by atoms with Crippen molar-refractivity contribution in [3.05, 3.63) is 22.2 Å². The van der Waals surface area contributed by atoms with Crippen LogP contribution in [0.5, 0.6) is 11.5 Å². The largest absolute Gasteiger partial charge is 0.493 e. The first kappa shape index (κ1) is 12.8. The lowest BCUT2D eigenvalue weighted by molar-refractivity contribution is 0.0695. The number of carboxylic acid groups (broad SMARTS) is 1. The molecule has 0 radical (unpaired) electrons. The minimum absolute atomic E-state index is 0.0447. The highest BCUT2D eigenvalue weighted by atomic mass is 79.9. The summed E-state index contributed by atoms with van der Waals surface area (Å²) in [6, 6.07) is 3.03. The first-order valence-electron chi connectivity index (χ1n) is 4.73. The second-order valence-corrected chi connectivity index (χ2v) is 4.31. The maximum atomic E-state index is 10.9. The molecular weight excluding hydrogens is 276 g/mol. The highest BCUT2D eigenvalue weighted by Gasteiger charge is 2.15. The van der Waals surface area contributed by atoms with Crippen molar-refractivity contribution in [2.45, 2.75) is 20.0 Å². The highest BCUT2D eigenvalue weighted by Crippen LogP contribution is 2.34. The van der Waals surface area contributed by atoms with Crippen molar-refractivity contribution in [1.82, 2.24) is 0 Å². The zero-order chi connectivity index (χ0) is 12.3. The normalized spacial score (nSPS) is 10.3. The number of hydrogen-bond acceptors (Lipinski definition) is 3. The van der Waals surface area contributed by atoms with Crippen molar-refractivity contribution in [2.24, 2.45) is 0 Å². The van der Waals surface area contributed by atoms with E-state index in [1.54, 1.807) is 6.07 Å². The highest BCUT2D eigenvalue weighted by molar-refractivity contribution is 9.10. The van der Waals surface area contributed by atoms with Crippen LogP contribution in [0.4, 0.5) is 0 Å². The van der Waals surface area contributed by atoms with Gasteiger partial charge in [0, 0.05) is 4.47 Å². The van der Waals surface area contributed by atoms with Gasteiger partial charge in [0.15, 0.2) is 11.5 Å². The van der Waals surface area contributed by atoms with Crippen LogP contribution in [0, 0.1) is 0 Å². The van der Waals surface area contributed by atoms with Crippen LogP contribution in [-0.4, -0.2) is 24.3 Å². The maximum Gasteiger partial charge on any atom is 0.336 e. The minimum atomic E-state index is -1.01. The fourth-order valence-corrected chi connectivity index (χ4v) is 1.70. The summed E-state index contributed by atoms with van der Waals surface area (Å²) in [6.07, 6.45) is -0.0447. The Labute approximate surface area is 102 Å². The summed E-state index contributed by atoms with van der Waals surface area (Å²) in [5, 5.41) is 8.96. The minimum Gasteiger partial charge on any atom is -0.493 e. The number of aromatic carboxylic acids is 1. The summed E-state index contributed by atoms with van der Waals surface area (Å²) in [7, 11) is 1.51. The van der Waals surface area contributed by atoms with Gasteiger partial charge < -0.3 is 14.6 Å². The van der Waals surface area contributed by atoms with Crippen molar-refractivity contribution >= 4 is 21.9 Å². The molecule has 1 aromatic carbocycles. The van der Waals surface area contributed by atoms with Crippen LogP contribution >= 0.6 is 15.9 Å². The number of carboxylic acids is 1. The van der Waals surface area contributed by atoms with Crippen LogP contribution in [0.25, 0.3) is 0 Å². The summed E-state index contributed by atoms with van der Waals surface area (Å²) in [6.45, 7) is 3.73. The Hall–Kier alpha value is -1.23. The Bertz CT molecular complexity index is 401. The molecule has 0 bridgehead atoms. The van der Waals surface area contributed by atoms with Crippen molar-refractivity contribution in [3.8, 4) is 11.5 Å². The lowest BCUT2D eigenvalue weighted by atomic mass is 10.2. The van der Waals surface area contributed by atoms with E-state index in [0.717, 1.165) is 0 Å². The SMILES string of the molecule is COc1cc(Br)c(C(=O)O)cc1OC(C)C. The van der Waals surface area contributed by atoms with Gasteiger partial charge >= 0.3 is 5.97 Å². The second kappa shape index (κ2) is 5.21. The van der Waals surface area contributed by atoms with E-state index in [-0.39, 0.29) is 11.7 Å². The van der Waals surface area contributed by atoms with Crippen molar-refractivity contribution in [2.75, 3.05) is 7.11 Å². The van der Waals surface area contributed by atoms with Crippen LogP contribution in [-0.2, 0) is 0 Å². The lowest BCUT2D eigenvalue weighted by Gasteiger charge is -2.14. The molecule has 0 aliphatic rings. The maximum absolute atomic E-state index is 10.9. The van der Waals surface area contributed by atoms with Gasteiger partial charge in [-0.1, -0.05) is 0 Å². The summed E-state index contributed by atoms with van der Waals surface area (Å²) < 4.78 is 11.1. The Kier molecular flexibility index (Phi) is 4.18. The van der Waals surface area contributed by atoms with Gasteiger partial charge in [0.2, 0.25) is 0 Å². The van der Waals surface area contributed by atoms with E-state index in [2.05, 4.69) is 15.9 Å². The fraction of sp³-hybridized carbons (Fsp3) is 0.364. The number of halogens is 1. The predicted molar refractivity (Wildman–Crippen MR) is 63.4 cm³/mol. The van der Waals surface area contributed by atoms with Crippen LogP contribution < -0.4 is 9.47 Å². The molecule has 0 saturated heterocycles. The molecule has 88 valence electrons. The Morgan fingerprint density at radius 1 is 1.38 bits per heavy atom.